The molecule has 0 aromatic carbocycles. The predicted molar refractivity (Wildman–Crippen MR) is 45.1 cm³/mol. The number of fused-ring (bicyclic) bond motifs is 1. The van der Waals surface area contributed by atoms with E-state index >= 15 is 0 Å². The average molecular weight is 149 g/mol. The van der Waals surface area contributed by atoms with E-state index in [2.05, 4.69) is 17.9 Å². The molecule has 0 N–H and O–H groups in total. The molecule has 3 rings (SSSR count). The molecule has 0 aromatic rings. The minimum Gasteiger partial charge on any atom is -0.374 e. The summed E-state index contributed by atoms with van der Waals surface area (Å²) in [4.78, 5) is 2.61. The molecule has 11 heavy (non-hydrogen) atoms. The minimum absolute atomic E-state index is 0.784. The second-order valence-electron chi connectivity index (χ2n) is 4.69. The molecule has 3 aliphatic rings. The van der Waals surface area contributed by atoms with Gasteiger partial charge in [0, 0.05) is 18.8 Å². The van der Waals surface area contributed by atoms with E-state index in [1.54, 1.807) is 5.70 Å². The van der Waals surface area contributed by atoms with Gasteiger partial charge in [-0.3, -0.25) is 0 Å². The molecule has 1 heteroatoms. The van der Waals surface area contributed by atoms with Gasteiger partial charge in [-0.1, -0.05) is 13.0 Å². The van der Waals surface area contributed by atoms with Crippen LogP contribution in [-0.4, -0.2) is 18.0 Å². The topological polar surface area (TPSA) is 3.24 Å². The first-order valence-electron chi connectivity index (χ1n) is 4.73. The van der Waals surface area contributed by atoms with Crippen LogP contribution in [0.2, 0.25) is 0 Å². The molecule has 0 radical (unpaired) electrons. The van der Waals surface area contributed by atoms with Gasteiger partial charge in [-0.15, -0.1) is 0 Å². The van der Waals surface area contributed by atoms with Crippen LogP contribution in [0.25, 0.3) is 0 Å². The Hall–Kier alpha value is -0.460. The van der Waals surface area contributed by atoms with E-state index in [9.17, 15) is 0 Å². The van der Waals surface area contributed by atoms with Gasteiger partial charge < -0.3 is 4.90 Å². The zero-order chi connectivity index (χ0) is 7.47. The van der Waals surface area contributed by atoms with Gasteiger partial charge >= 0.3 is 0 Å². The fraction of sp³-hybridized carbons (Fsp3) is 0.800. The highest BCUT2D eigenvalue weighted by Crippen LogP contribution is 2.57. The largest absolute Gasteiger partial charge is 0.374 e. The van der Waals surface area contributed by atoms with Crippen molar-refractivity contribution in [2.75, 3.05) is 13.1 Å². The van der Waals surface area contributed by atoms with Crippen LogP contribution in [-0.2, 0) is 0 Å². The quantitative estimate of drug-likeness (QED) is 0.509. The highest BCUT2D eigenvalue weighted by Gasteiger charge is 2.50. The third-order valence-corrected chi connectivity index (χ3v) is 3.43. The molecule has 1 atom stereocenters. The molecule has 0 amide bonds. The highest BCUT2D eigenvalue weighted by molar-refractivity contribution is 5.22. The van der Waals surface area contributed by atoms with Gasteiger partial charge in [-0.2, -0.15) is 0 Å². The summed E-state index contributed by atoms with van der Waals surface area (Å²) in [5.74, 6) is 0.820. The maximum atomic E-state index is 2.61. The van der Waals surface area contributed by atoms with Gasteiger partial charge in [0.25, 0.3) is 0 Å². The van der Waals surface area contributed by atoms with E-state index < -0.39 is 0 Å². The molecule has 60 valence electrons. The molecule has 1 saturated carbocycles. The van der Waals surface area contributed by atoms with E-state index in [1.165, 1.54) is 32.4 Å². The van der Waals surface area contributed by atoms with E-state index in [1.807, 2.05) is 0 Å². The molecule has 0 bridgehead atoms. The molecular weight excluding hydrogens is 134 g/mol. The maximum absolute atomic E-state index is 2.61. The van der Waals surface area contributed by atoms with Crippen LogP contribution in [0.1, 0.15) is 26.2 Å². The first kappa shape index (κ1) is 6.10. The Morgan fingerprint density at radius 2 is 2.36 bits per heavy atom. The summed E-state index contributed by atoms with van der Waals surface area (Å²) in [6, 6.07) is 0. The first-order chi connectivity index (χ1) is 5.27. The van der Waals surface area contributed by atoms with E-state index in [0.717, 1.165) is 11.3 Å². The van der Waals surface area contributed by atoms with Gasteiger partial charge in [0.15, 0.2) is 0 Å². The summed E-state index contributed by atoms with van der Waals surface area (Å²) in [6.07, 6.45) is 6.87. The van der Waals surface area contributed by atoms with Gasteiger partial charge in [0.1, 0.15) is 0 Å². The smallest absolute Gasteiger partial charge is 0.0236 e. The normalized spacial score (nSPS) is 37.7. The molecule has 1 unspecified atom stereocenters. The van der Waals surface area contributed by atoms with Crippen molar-refractivity contribution in [3.8, 4) is 0 Å². The molecule has 1 nitrogen and oxygen atoms in total. The predicted octanol–water partition coefficient (Wildman–Crippen LogP) is 2.01. The van der Waals surface area contributed by atoms with Crippen molar-refractivity contribution in [3.05, 3.63) is 11.8 Å². The Morgan fingerprint density at radius 1 is 1.55 bits per heavy atom. The lowest BCUT2D eigenvalue weighted by Crippen LogP contribution is -2.19. The van der Waals surface area contributed by atoms with Crippen LogP contribution in [0, 0.1) is 11.3 Å². The van der Waals surface area contributed by atoms with Crippen LogP contribution in [0.15, 0.2) is 11.8 Å². The molecule has 2 fully saturated rings. The Balaban J connectivity index is 1.88. The summed E-state index contributed by atoms with van der Waals surface area (Å²) in [5.41, 5.74) is 2.45. The molecule has 1 saturated heterocycles. The van der Waals surface area contributed by atoms with Crippen molar-refractivity contribution in [2.45, 2.75) is 26.2 Å². The molecule has 1 aliphatic carbocycles. The lowest BCUT2D eigenvalue weighted by atomic mass is 10.0. The summed E-state index contributed by atoms with van der Waals surface area (Å²) in [5, 5.41) is 0. The lowest BCUT2D eigenvalue weighted by molar-refractivity contribution is 0.355. The number of nitrogens with zero attached hydrogens (tertiary/aromatic N) is 1. The summed E-state index contributed by atoms with van der Waals surface area (Å²) < 4.78 is 0. The second-order valence-corrected chi connectivity index (χ2v) is 4.69. The molecule has 0 aromatic heterocycles. The maximum Gasteiger partial charge on any atom is 0.0236 e. The zero-order valence-corrected chi connectivity index (χ0v) is 7.14. The summed E-state index contributed by atoms with van der Waals surface area (Å²) in [6.45, 7) is 5.01. The van der Waals surface area contributed by atoms with Crippen LogP contribution >= 0.6 is 0 Å². The van der Waals surface area contributed by atoms with Crippen molar-refractivity contribution in [3.63, 3.8) is 0 Å². The van der Waals surface area contributed by atoms with E-state index in [0.29, 0.717) is 0 Å². The number of allylic oxidation sites excluding steroid dienone is 1. The zero-order valence-electron chi connectivity index (χ0n) is 7.14. The van der Waals surface area contributed by atoms with Crippen LogP contribution < -0.4 is 0 Å². The van der Waals surface area contributed by atoms with E-state index in [-0.39, 0.29) is 0 Å². The van der Waals surface area contributed by atoms with Gasteiger partial charge in [-0.25, -0.2) is 0 Å². The van der Waals surface area contributed by atoms with Crippen molar-refractivity contribution >= 4 is 0 Å². The minimum atomic E-state index is 0.784. The number of hydrogen-bond acceptors (Lipinski definition) is 1. The van der Waals surface area contributed by atoms with Crippen molar-refractivity contribution in [1.82, 2.24) is 4.90 Å². The number of hydrogen-bond donors (Lipinski definition) is 0. The Labute approximate surface area is 68.1 Å². The third-order valence-electron chi connectivity index (χ3n) is 3.43. The summed E-state index contributed by atoms with van der Waals surface area (Å²) in [7, 11) is 0. The molecule has 2 heterocycles. The fourth-order valence-electron chi connectivity index (χ4n) is 2.64. The van der Waals surface area contributed by atoms with Crippen LogP contribution in [0.4, 0.5) is 0 Å². The first-order valence-corrected chi connectivity index (χ1v) is 4.73. The van der Waals surface area contributed by atoms with Crippen molar-refractivity contribution < 1.29 is 0 Å². The van der Waals surface area contributed by atoms with E-state index in [4.69, 9.17) is 0 Å². The second kappa shape index (κ2) is 1.65. The van der Waals surface area contributed by atoms with Crippen LogP contribution in [0.5, 0.6) is 0 Å². The van der Waals surface area contributed by atoms with Crippen molar-refractivity contribution in [2.24, 2.45) is 11.3 Å². The SMILES string of the molecule is CC1C=C2CC3(CC3)CN2C1. The third kappa shape index (κ3) is 0.770. The highest BCUT2D eigenvalue weighted by atomic mass is 15.2. The molecule has 2 aliphatic heterocycles. The lowest BCUT2D eigenvalue weighted by Gasteiger charge is -2.14. The fourth-order valence-corrected chi connectivity index (χ4v) is 2.64. The monoisotopic (exact) mass is 149 g/mol. The van der Waals surface area contributed by atoms with Crippen molar-refractivity contribution in [1.29, 1.82) is 0 Å². The Morgan fingerprint density at radius 3 is 3.00 bits per heavy atom. The summed E-state index contributed by atoms with van der Waals surface area (Å²) >= 11 is 0. The Bertz CT molecular complexity index is 225. The van der Waals surface area contributed by atoms with Gasteiger partial charge in [0.05, 0.1) is 0 Å². The molecular formula is C10H15N. The van der Waals surface area contributed by atoms with Crippen LogP contribution in [0.3, 0.4) is 0 Å². The average Bonchev–Trinajstić information content (AvgIpc) is 2.44. The van der Waals surface area contributed by atoms with Gasteiger partial charge in [-0.05, 0) is 30.6 Å². The molecule has 1 spiro atoms. The number of rotatable bonds is 0. The Kier molecular flexibility index (Phi) is 0.915. The standard InChI is InChI=1S/C10H15N/c1-8-4-9-5-10(2-3-10)7-11(9)6-8/h4,8H,2-3,5-7H2,1H3. The van der Waals surface area contributed by atoms with Gasteiger partial charge in [0.2, 0.25) is 0 Å².